The Balaban J connectivity index is 1.84. The van der Waals surface area contributed by atoms with Gasteiger partial charge in [0.2, 0.25) is 11.8 Å². The Labute approximate surface area is 255 Å². The number of hydrogen-bond donors (Lipinski definition) is 4. The molecule has 2 unspecified atom stereocenters. The summed E-state index contributed by atoms with van der Waals surface area (Å²) in [5, 5.41) is 25.1. The number of aromatic nitrogens is 4. The van der Waals surface area contributed by atoms with Gasteiger partial charge in [0.05, 0.1) is 32.8 Å². The molecule has 5 N–H and O–H groups in total. The Morgan fingerprint density at radius 3 is 2.59 bits per heavy atom. The molecule has 0 saturated carbocycles. The number of imidazole rings is 1. The van der Waals surface area contributed by atoms with Crippen LogP contribution in [0.2, 0.25) is 0 Å². The van der Waals surface area contributed by atoms with E-state index in [2.05, 4.69) is 20.0 Å². The largest absolute Gasteiger partial charge is 0.479 e. The summed E-state index contributed by atoms with van der Waals surface area (Å²) >= 11 is 0. The standard InChI is InChI=1S/C26H43N6O11P/c1-8-40-18(33)11-39-13-44(37,31-16(9-14(2)3)23(35)42-15(4)5)41-10-17-20(34)26(6,36)24(43-17)32-12-28-19-21(32)29-25(27)30-22(19)38-7/h12,14-17,20,24,34,36H,8-11,13H2,1-7H3,(H,31,37)(H2,27,29,30)/t16-,17-,20?,24-,26+,44?/m1/s1. The Morgan fingerprint density at radius 1 is 1.27 bits per heavy atom. The summed E-state index contributed by atoms with van der Waals surface area (Å²) < 4.78 is 48.0. The molecule has 0 radical (unpaired) electrons. The average Bonchev–Trinajstić information content (AvgIpc) is 3.43. The number of ether oxygens (including phenoxy) is 5. The maximum absolute atomic E-state index is 14.1. The van der Waals surface area contributed by atoms with E-state index in [4.69, 9.17) is 33.9 Å². The van der Waals surface area contributed by atoms with E-state index >= 15 is 0 Å². The Hall–Kier alpha value is -2.92. The summed E-state index contributed by atoms with van der Waals surface area (Å²) in [5.41, 5.74) is 4.32. The van der Waals surface area contributed by atoms with E-state index in [1.54, 1.807) is 20.8 Å². The molecule has 3 rings (SSSR count). The number of nitrogen functional groups attached to an aromatic ring is 1. The van der Waals surface area contributed by atoms with Crippen molar-refractivity contribution in [3.63, 3.8) is 0 Å². The summed E-state index contributed by atoms with van der Waals surface area (Å²) in [7, 11) is -2.70. The molecule has 0 spiro atoms. The zero-order chi connectivity index (χ0) is 32.8. The molecule has 0 aliphatic carbocycles. The number of hydrogen-bond acceptors (Lipinski definition) is 15. The SMILES string of the molecule is CCOC(=O)COCP(=O)(N[C@H](CC(C)C)C(=O)OC(C)C)OC[C@H]1O[C@@H](n2cnc3c(OC)nc(N)nc32)[C@@](C)(O)C1O. The number of nitrogens with zero attached hydrogens (tertiary/aromatic N) is 4. The fraction of sp³-hybridized carbons (Fsp3) is 0.731. The van der Waals surface area contributed by atoms with Crippen LogP contribution in [0, 0.1) is 5.92 Å². The molecule has 18 heteroatoms. The Kier molecular flexibility index (Phi) is 12.0. The number of esters is 2. The Morgan fingerprint density at radius 2 is 1.98 bits per heavy atom. The van der Waals surface area contributed by atoms with E-state index in [9.17, 15) is 24.4 Å². The molecule has 0 amide bonds. The monoisotopic (exact) mass is 646 g/mol. The molecule has 1 aliphatic rings. The first-order chi connectivity index (χ1) is 20.6. The van der Waals surface area contributed by atoms with Crippen molar-refractivity contribution in [2.45, 2.75) is 84.1 Å². The fourth-order valence-electron chi connectivity index (χ4n) is 4.58. The number of anilines is 1. The van der Waals surface area contributed by atoms with Crippen molar-refractivity contribution in [1.29, 1.82) is 0 Å². The average molecular weight is 647 g/mol. The number of methoxy groups -OCH3 is 1. The second-order valence-electron chi connectivity index (χ2n) is 11.2. The third-order valence-electron chi connectivity index (χ3n) is 6.54. The van der Waals surface area contributed by atoms with Crippen LogP contribution in [0.3, 0.4) is 0 Å². The molecule has 17 nitrogen and oxygen atoms in total. The fourth-order valence-corrected chi connectivity index (χ4v) is 6.21. The van der Waals surface area contributed by atoms with Gasteiger partial charge in [-0.05, 0) is 40.0 Å². The van der Waals surface area contributed by atoms with Crippen molar-refractivity contribution >= 4 is 36.6 Å². The highest BCUT2D eigenvalue weighted by molar-refractivity contribution is 7.56. The van der Waals surface area contributed by atoms with Crippen LogP contribution in [-0.2, 0) is 37.6 Å². The summed E-state index contributed by atoms with van der Waals surface area (Å²) in [6.07, 6.45) is -3.49. The lowest BCUT2D eigenvalue weighted by Gasteiger charge is -2.28. The van der Waals surface area contributed by atoms with Gasteiger partial charge < -0.3 is 44.2 Å². The molecule has 2 aromatic heterocycles. The number of nitrogens with two attached hydrogens (primary N) is 1. The molecule has 248 valence electrons. The van der Waals surface area contributed by atoms with Crippen LogP contribution in [0.25, 0.3) is 11.2 Å². The molecule has 3 heterocycles. The van der Waals surface area contributed by atoms with E-state index in [-0.39, 0.29) is 41.9 Å². The van der Waals surface area contributed by atoms with Crippen molar-refractivity contribution < 1.29 is 52.6 Å². The first-order valence-corrected chi connectivity index (χ1v) is 16.0. The zero-order valence-corrected chi connectivity index (χ0v) is 26.9. The van der Waals surface area contributed by atoms with Crippen LogP contribution in [0.1, 0.15) is 54.2 Å². The topological polar surface area (TPSA) is 229 Å². The predicted octanol–water partition coefficient (Wildman–Crippen LogP) is 1.13. The Bertz CT molecular complexity index is 1340. The first-order valence-electron chi connectivity index (χ1n) is 14.2. The van der Waals surface area contributed by atoms with E-state index in [1.165, 1.54) is 24.9 Å². The molecule has 1 fully saturated rings. The van der Waals surface area contributed by atoms with Gasteiger partial charge in [-0.15, -0.1) is 0 Å². The molecular formula is C26H43N6O11P. The van der Waals surface area contributed by atoms with Gasteiger partial charge in [0, 0.05) is 0 Å². The summed E-state index contributed by atoms with van der Waals surface area (Å²) in [6.45, 7) is 9.19. The third kappa shape index (κ3) is 8.62. The molecule has 6 atom stereocenters. The molecule has 1 saturated heterocycles. The number of aliphatic hydroxyl groups excluding tert-OH is 1. The molecule has 44 heavy (non-hydrogen) atoms. The molecule has 0 bridgehead atoms. The van der Waals surface area contributed by atoms with Gasteiger partial charge >= 0.3 is 11.9 Å². The highest BCUT2D eigenvalue weighted by Gasteiger charge is 2.54. The van der Waals surface area contributed by atoms with Crippen LogP contribution in [0.15, 0.2) is 6.33 Å². The second-order valence-corrected chi connectivity index (χ2v) is 13.3. The normalized spacial score (nSPS) is 24.0. The van der Waals surface area contributed by atoms with E-state index in [1.807, 2.05) is 13.8 Å². The smallest absolute Gasteiger partial charge is 0.332 e. The van der Waals surface area contributed by atoms with Crippen LogP contribution in [-0.4, -0.2) is 105 Å². The summed E-state index contributed by atoms with van der Waals surface area (Å²) in [6, 6.07) is -1.04. The van der Waals surface area contributed by atoms with Gasteiger partial charge in [-0.2, -0.15) is 9.97 Å². The number of carbonyl (C=O) groups is 2. The van der Waals surface area contributed by atoms with Gasteiger partial charge in [0.15, 0.2) is 17.4 Å². The highest BCUT2D eigenvalue weighted by atomic mass is 31.2. The summed E-state index contributed by atoms with van der Waals surface area (Å²) in [5.74, 6) is -1.34. The van der Waals surface area contributed by atoms with Gasteiger partial charge in [-0.25, -0.2) is 14.9 Å². The maximum Gasteiger partial charge on any atom is 0.332 e. The van der Waals surface area contributed by atoms with Crippen LogP contribution < -0.4 is 15.6 Å². The number of fused-ring (bicyclic) bond motifs is 1. The van der Waals surface area contributed by atoms with Gasteiger partial charge in [-0.1, -0.05) is 13.8 Å². The lowest BCUT2D eigenvalue weighted by atomic mass is 9.96. The molecular weight excluding hydrogens is 603 g/mol. The van der Waals surface area contributed by atoms with Crippen LogP contribution in [0.4, 0.5) is 5.95 Å². The van der Waals surface area contributed by atoms with E-state index in [0.717, 1.165) is 0 Å². The van der Waals surface area contributed by atoms with E-state index in [0.29, 0.717) is 0 Å². The van der Waals surface area contributed by atoms with E-state index < -0.39 is 75.2 Å². The minimum absolute atomic E-state index is 0.00146. The first kappa shape index (κ1) is 35.6. The lowest BCUT2D eigenvalue weighted by molar-refractivity contribution is -0.150. The third-order valence-corrected chi connectivity index (χ3v) is 8.33. The van der Waals surface area contributed by atoms with Crippen LogP contribution >= 0.6 is 7.52 Å². The number of carbonyl (C=O) groups excluding carboxylic acids is 2. The number of rotatable bonds is 16. The van der Waals surface area contributed by atoms with Gasteiger partial charge in [0.1, 0.15) is 36.8 Å². The minimum atomic E-state index is -4.09. The van der Waals surface area contributed by atoms with Crippen molar-refractivity contribution in [1.82, 2.24) is 24.6 Å². The summed E-state index contributed by atoms with van der Waals surface area (Å²) in [4.78, 5) is 37.1. The minimum Gasteiger partial charge on any atom is -0.479 e. The maximum atomic E-state index is 14.1. The van der Waals surface area contributed by atoms with Gasteiger partial charge in [0.25, 0.3) is 7.52 Å². The van der Waals surface area contributed by atoms with Gasteiger partial charge in [-0.3, -0.25) is 13.9 Å². The predicted molar refractivity (Wildman–Crippen MR) is 155 cm³/mol. The molecule has 2 aromatic rings. The van der Waals surface area contributed by atoms with Crippen molar-refractivity contribution in [2.75, 3.05) is 39.0 Å². The molecule has 1 aliphatic heterocycles. The van der Waals surface area contributed by atoms with Crippen molar-refractivity contribution in [2.24, 2.45) is 5.92 Å². The van der Waals surface area contributed by atoms with Crippen LogP contribution in [0.5, 0.6) is 5.88 Å². The molecule has 0 aromatic carbocycles. The second kappa shape index (κ2) is 14.9. The lowest BCUT2D eigenvalue weighted by Crippen LogP contribution is -2.44. The van der Waals surface area contributed by atoms with Crippen molar-refractivity contribution in [3.8, 4) is 5.88 Å². The zero-order valence-electron chi connectivity index (χ0n) is 26.0. The number of aliphatic hydroxyl groups is 2. The van der Waals surface area contributed by atoms with Crippen molar-refractivity contribution in [3.05, 3.63) is 6.33 Å². The highest BCUT2D eigenvalue weighted by Crippen LogP contribution is 2.46. The number of nitrogens with one attached hydrogen (secondary N) is 1. The quantitative estimate of drug-likeness (QED) is 0.148.